The van der Waals surface area contributed by atoms with Gasteiger partial charge in [-0.1, -0.05) is 42.5 Å². The zero-order valence-electron chi connectivity index (χ0n) is 16.7. The third-order valence-corrected chi connectivity index (χ3v) is 4.95. The lowest BCUT2D eigenvalue weighted by molar-refractivity contribution is -0.384. The van der Waals surface area contributed by atoms with Crippen LogP contribution in [0.2, 0.25) is 0 Å². The number of nitrogens with zero attached hydrogens (tertiary/aromatic N) is 1. The molecule has 0 saturated heterocycles. The van der Waals surface area contributed by atoms with Gasteiger partial charge in [0.05, 0.1) is 16.5 Å². The summed E-state index contributed by atoms with van der Waals surface area (Å²) in [6.45, 7) is 0. The molecule has 0 saturated carbocycles. The molecule has 7 nitrogen and oxygen atoms in total. The summed E-state index contributed by atoms with van der Waals surface area (Å²) in [5, 5.41) is 23.3. The molecule has 3 rings (SSSR count). The predicted octanol–water partition coefficient (Wildman–Crippen LogP) is 5.04. The van der Waals surface area contributed by atoms with Crippen molar-refractivity contribution in [3.05, 3.63) is 106 Å². The Morgan fingerprint density at radius 1 is 0.935 bits per heavy atom. The number of benzene rings is 3. The zero-order valence-corrected chi connectivity index (χ0v) is 16.7. The van der Waals surface area contributed by atoms with Gasteiger partial charge in [0.25, 0.3) is 5.69 Å². The van der Waals surface area contributed by atoms with Crippen molar-refractivity contribution < 1.29 is 19.6 Å². The Morgan fingerprint density at radius 3 is 2.16 bits per heavy atom. The predicted molar refractivity (Wildman–Crippen MR) is 117 cm³/mol. The number of nitro groups is 1. The van der Waals surface area contributed by atoms with Crippen molar-refractivity contribution in [1.29, 1.82) is 0 Å². The molecular weight excluding hydrogens is 396 g/mol. The first-order chi connectivity index (χ1) is 14.9. The molecule has 0 aliphatic heterocycles. The second-order valence-corrected chi connectivity index (χ2v) is 7.16. The van der Waals surface area contributed by atoms with E-state index >= 15 is 0 Å². The van der Waals surface area contributed by atoms with Crippen LogP contribution in [0, 0.1) is 10.1 Å². The van der Waals surface area contributed by atoms with E-state index in [0.717, 1.165) is 11.1 Å². The maximum absolute atomic E-state index is 12.7. The van der Waals surface area contributed by atoms with Gasteiger partial charge in [-0.25, -0.2) is 4.79 Å². The highest BCUT2D eigenvalue weighted by molar-refractivity contribution is 5.88. The summed E-state index contributed by atoms with van der Waals surface area (Å²) in [4.78, 5) is 34.2. The number of aryl methyl sites for hydroxylation is 1. The van der Waals surface area contributed by atoms with E-state index in [-0.39, 0.29) is 23.5 Å². The van der Waals surface area contributed by atoms with Gasteiger partial charge >= 0.3 is 5.97 Å². The van der Waals surface area contributed by atoms with Crippen LogP contribution in [0.3, 0.4) is 0 Å². The smallest absolute Gasteiger partial charge is 0.335 e. The van der Waals surface area contributed by atoms with Gasteiger partial charge in [0.2, 0.25) is 0 Å². The molecule has 0 heterocycles. The lowest BCUT2D eigenvalue weighted by Crippen LogP contribution is -2.16. The molecule has 7 heteroatoms. The van der Waals surface area contributed by atoms with Crippen LogP contribution in [0.25, 0.3) is 0 Å². The number of anilines is 1. The van der Waals surface area contributed by atoms with Gasteiger partial charge in [0.15, 0.2) is 0 Å². The van der Waals surface area contributed by atoms with E-state index in [1.807, 2.05) is 30.3 Å². The topological polar surface area (TPSA) is 110 Å². The summed E-state index contributed by atoms with van der Waals surface area (Å²) >= 11 is 0. The largest absolute Gasteiger partial charge is 0.478 e. The molecular formula is C24H22N2O5. The van der Waals surface area contributed by atoms with E-state index in [4.69, 9.17) is 5.11 Å². The van der Waals surface area contributed by atoms with Crippen LogP contribution in [0.15, 0.2) is 78.9 Å². The Labute approximate surface area is 179 Å². The number of non-ortho nitro benzene ring substituents is 1. The molecule has 158 valence electrons. The minimum atomic E-state index is -1.02. The molecule has 1 unspecified atom stereocenters. The SMILES string of the molecule is O=C(CCc1ccccc1)CC(Nc1ccc(C(=O)O)cc1)c1ccc([N+](=O)[O-])cc1. The number of carbonyl (C=O) groups is 2. The minimum Gasteiger partial charge on any atom is -0.478 e. The van der Waals surface area contributed by atoms with Crippen molar-refractivity contribution in [1.82, 2.24) is 0 Å². The van der Waals surface area contributed by atoms with E-state index in [2.05, 4.69) is 5.32 Å². The number of Topliss-reactive ketones (excluding diaryl/α,β-unsaturated/α-hetero) is 1. The van der Waals surface area contributed by atoms with Crippen molar-refractivity contribution in [3.63, 3.8) is 0 Å². The number of carboxylic acids is 1. The number of rotatable bonds is 10. The molecule has 0 bridgehead atoms. The highest BCUT2D eigenvalue weighted by Gasteiger charge is 2.18. The van der Waals surface area contributed by atoms with Gasteiger partial charge in [-0.3, -0.25) is 14.9 Å². The van der Waals surface area contributed by atoms with Crippen LogP contribution in [-0.4, -0.2) is 21.8 Å². The maximum Gasteiger partial charge on any atom is 0.335 e. The van der Waals surface area contributed by atoms with E-state index < -0.39 is 16.9 Å². The fourth-order valence-corrected chi connectivity index (χ4v) is 3.25. The van der Waals surface area contributed by atoms with Crippen molar-refractivity contribution in [3.8, 4) is 0 Å². The molecule has 0 aliphatic carbocycles. The van der Waals surface area contributed by atoms with Crippen molar-refractivity contribution in [2.24, 2.45) is 0 Å². The molecule has 3 aromatic rings. The second kappa shape index (κ2) is 10.2. The normalized spacial score (nSPS) is 11.5. The van der Waals surface area contributed by atoms with E-state index in [1.165, 1.54) is 24.3 Å². The Kier molecular flexibility index (Phi) is 7.11. The number of hydrogen-bond acceptors (Lipinski definition) is 5. The highest BCUT2D eigenvalue weighted by Crippen LogP contribution is 2.26. The van der Waals surface area contributed by atoms with Gasteiger partial charge < -0.3 is 10.4 Å². The van der Waals surface area contributed by atoms with Gasteiger partial charge in [0.1, 0.15) is 5.78 Å². The first kappa shape index (κ1) is 21.7. The molecule has 0 amide bonds. The first-order valence-corrected chi connectivity index (χ1v) is 9.82. The quantitative estimate of drug-likeness (QED) is 0.353. The number of carboxylic acid groups (broad SMARTS) is 1. The summed E-state index contributed by atoms with van der Waals surface area (Å²) in [6.07, 6.45) is 1.22. The van der Waals surface area contributed by atoms with E-state index in [0.29, 0.717) is 18.5 Å². The monoisotopic (exact) mass is 418 g/mol. The van der Waals surface area contributed by atoms with Crippen LogP contribution in [0.5, 0.6) is 0 Å². The molecule has 31 heavy (non-hydrogen) atoms. The Morgan fingerprint density at radius 2 is 1.58 bits per heavy atom. The first-order valence-electron chi connectivity index (χ1n) is 9.82. The van der Waals surface area contributed by atoms with E-state index in [1.54, 1.807) is 24.3 Å². The summed E-state index contributed by atoms with van der Waals surface area (Å²) in [6, 6.07) is 21.7. The third-order valence-electron chi connectivity index (χ3n) is 4.95. The fraction of sp³-hybridized carbons (Fsp3) is 0.167. The van der Waals surface area contributed by atoms with Gasteiger partial charge in [-0.05, 0) is 41.8 Å². The molecule has 0 aliphatic rings. The van der Waals surface area contributed by atoms with Crippen molar-refractivity contribution in [2.75, 3.05) is 5.32 Å². The zero-order chi connectivity index (χ0) is 22.2. The average molecular weight is 418 g/mol. The summed E-state index contributed by atoms with van der Waals surface area (Å²) in [5.41, 5.74) is 2.62. The van der Waals surface area contributed by atoms with Gasteiger partial charge in [-0.15, -0.1) is 0 Å². The van der Waals surface area contributed by atoms with Crippen molar-refractivity contribution in [2.45, 2.75) is 25.3 Å². The molecule has 0 fully saturated rings. The lowest BCUT2D eigenvalue weighted by atomic mass is 9.97. The summed E-state index contributed by atoms with van der Waals surface area (Å²) in [5.74, 6) is -0.962. The van der Waals surface area contributed by atoms with E-state index in [9.17, 15) is 19.7 Å². The summed E-state index contributed by atoms with van der Waals surface area (Å²) < 4.78 is 0. The molecule has 3 aromatic carbocycles. The average Bonchev–Trinajstić information content (AvgIpc) is 2.78. The van der Waals surface area contributed by atoms with Crippen LogP contribution < -0.4 is 5.32 Å². The molecule has 0 radical (unpaired) electrons. The number of ketones is 1. The number of nitro benzene ring substituents is 1. The van der Waals surface area contributed by atoms with Gasteiger partial charge in [-0.2, -0.15) is 0 Å². The lowest BCUT2D eigenvalue weighted by Gasteiger charge is -2.20. The fourth-order valence-electron chi connectivity index (χ4n) is 3.25. The highest BCUT2D eigenvalue weighted by atomic mass is 16.6. The van der Waals surface area contributed by atoms with Gasteiger partial charge in [0, 0.05) is 30.7 Å². The van der Waals surface area contributed by atoms with Crippen LogP contribution in [0.4, 0.5) is 11.4 Å². The van der Waals surface area contributed by atoms with Crippen LogP contribution in [0.1, 0.15) is 40.4 Å². The Balaban J connectivity index is 1.75. The van der Waals surface area contributed by atoms with Crippen molar-refractivity contribution >= 4 is 23.1 Å². The molecule has 0 spiro atoms. The van der Waals surface area contributed by atoms with Crippen LogP contribution >= 0.6 is 0 Å². The summed E-state index contributed by atoms with van der Waals surface area (Å²) in [7, 11) is 0. The Bertz CT molecular complexity index is 1050. The number of carbonyl (C=O) groups excluding carboxylic acids is 1. The molecule has 2 N–H and O–H groups in total. The number of nitrogens with one attached hydrogen (secondary N) is 1. The number of hydrogen-bond donors (Lipinski definition) is 2. The molecule has 1 atom stereocenters. The number of aromatic carboxylic acids is 1. The Hall–Kier alpha value is -4.00. The standard InChI is InChI=1S/C24H22N2O5/c27-22(15-6-17-4-2-1-3-5-17)16-23(18-9-13-21(14-10-18)26(30)31)25-20-11-7-19(8-12-20)24(28)29/h1-5,7-14,23,25H,6,15-16H2,(H,28,29). The third kappa shape index (κ3) is 6.24. The molecule has 0 aromatic heterocycles. The maximum atomic E-state index is 12.7. The minimum absolute atomic E-state index is 0.0243. The van der Waals surface area contributed by atoms with Crippen LogP contribution in [-0.2, 0) is 11.2 Å². The second-order valence-electron chi connectivity index (χ2n) is 7.16.